The van der Waals surface area contributed by atoms with Crippen molar-refractivity contribution in [1.82, 2.24) is 10.2 Å². The van der Waals surface area contributed by atoms with E-state index in [0.29, 0.717) is 6.04 Å². The van der Waals surface area contributed by atoms with Crippen molar-refractivity contribution < 1.29 is 4.74 Å². The van der Waals surface area contributed by atoms with Crippen LogP contribution in [0.15, 0.2) is 24.3 Å². The van der Waals surface area contributed by atoms with Crippen LogP contribution in [-0.2, 0) is 6.42 Å². The molecule has 112 valence electrons. The van der Waals surface area contributed by atoms with E-state index in [1.54, 1.807) is 7.11 Å². The summed E-state index contributed by atoms with van der Waals surface area (Å²) < 4.78 is 5.19. The molecule has 1 fully saturated rings. The lowest BCUT2D eigenvalue weighted by atomic mass is 10.1. The standard InChI is InChI=1S/C17H28N2O/c1-4-19-10-9-16(13-19)12-18-14(2)11-15-5-7-17(20-3)8-6-15/h5-8,14,16,18H,4,9-13H2,1-3H3. The van der Waals surface area contributed by atoms with Crippen LogP contribution in [-0.4, -0.2) is 44.2 Å². The van der Waals surface area contributed by atoms with Crippen molar-refractivity contribution in [2.45, 2.75) is 32.7 Å². The Hall–Kier alpha value is -1.06. The van der Waals surface area contributed by atoms with Gasteiger partial charge in [-0.1, -0.05) is 19.1 Å². The highest BCUT2D eigenvalue weighted by Crippen LogP contribution is 2.16. The fraction of sp³-hybridized carbons (Fsp3) is 0.647. The molecule has 20 heavy (non-hydrogen) atoms. The van der Waals surface area contributed by atoms with E-state index in [0.717, 1.165) is 24.6 Å². The molecule has 1 N–H and O–H groups in total. The number of nitrogens with zero attached hydrogens (tertiary/aromatic N) is 1. The van der Waals surface area contributed by atoms with Crippen LogP contribution in [0.3, 0.4) is 0 Å². The van der Waals surface area contributed by atoms with Crippen molar-refractivity contribution in [3.05, 3.63) is 29.8 Å². The second kappa shape index (κ2) is 7.65. The van der Waals surface area contributed by atoms with E-state index in [4.69, 9.17) is 4.74 Å². The van der Waals surface area contributed by atoms with Crippen LogP contribution in [0.1, 0.15) is 25.8 Å². The lowest BCUT2D eigenvalue weighted by molar-refractivity contribution is 0.335. The van der Waals surface area contributed by atoms with Gasteiger partial charge in [-0.2, -0.15) is 0 Å². The first-order chi connectivity index (χ1) is 9.71. The minimum atomic E-state index is 0.527. The van der Waals surface area contributed by atoms with Gasteiger partial charge in [0.1, 0.15) is 5.75 Å². The lowest BCUT2D eigenvalue weighted by Crippen LogP contribution is -2.33. The molecule has 3 heteroatoms. The maximum atomic E-state index is 5.19. The van der Waals surface area contributed by atoms with E-state index in [1.165, 1.54) is 31.6 Å². The Morgan fingerprint density at radius 2 is 2.10 bits per heavy atom. The molecule has 2 rings (SSSR count). The number of ether oxygens (including phenoxy) is 1. The van der Waals surface area contributed by atoms with Crippen LogP contribution in [0.5, 0.6) is 5.75 Å². The third-order valence-corrected chi connectivity index (χ3v) is 4.27. The van der Waals surface area contributed by atoms with Crippen LogP contribution >= 0.6 is 0 Å². The minimum absolute atomic E-state index is 0.527. The summed E-state index contributed by atoms with van der Waals surface area (Å²) in [5.74, 6) is 1.76. The number of hydrogen-bond acceptors (Lipinski definition) is 3. The predicted molar refractivity (Wildman–Crippen MR) is 84.4 cm³/mol. The van der Waals surface area contributed by atoms with E-state index in [2.05, 4.69) is 36.2 Å². The molecule has 1 saturated heterocycles. The minimum Gasteiger partial charge on any atom is -0.497 e. The number of nitrogens with one attached hydrogen (secondary N) is 1. The van der Waals surface area contributed by atoms with Gasteiger partial charge in [-0.15, -0.1) is 0 Å². The molecule has 1 aromatic carbocycles. The van der Waals surface area contributed by atoms with Crippen molar-refractivity contribution >= 4 is 0 Å². The quantitative estimate of drug-likeness (QED) is 0.828. The lowest BCUT2D eigenvalue weighted by Gasteiger charge is -2.18. The van der Waals surface area contributed by atoms with Crippen molar-refractivity contribution in [2.24, 2.45) is 5.92 Å². The number of benzene rings is 1. The molecule has 0 bridgehead atoms. The van der Waals surface area contributed by atoms with Gasteiger partial charge in [0.15, 0.2) is 0 Å². The Morgan fingerprint density at radius 3 is 2.70 bits per heavy atom. The summed E-state index contributed by atoms with van der Waals surface area (Å²) >= 11 is 0. The van der Waals surface area contributed by atoms with Crippen LogP contribution in [0, 0.1) is 5.92 Å². The van der Waals surface area contributed by atoms with Gasteiger partial charge in [0.25, 0.3) is 0 Å². The van der Waals surface area contributed by atoms with Gasteiger partial charge in [0.05, 0.1) is 7.11 Å². The molecule has 0 saturated carbocycles. The summed E-state index contributed by atoms with van der Waals surface area (Å²) in [7, 11) is 1.71. The highest BCUT2D eigenvalue weighted by molar-refractivity contribution is 5.27. The fourth-order valence-corrected chi connectivity index (χ4v) is 2.92. The van der Waals surface area contributed by atoms with Crippen molar-refractivity contribution in [2.75, 3.05) is 33.3 Å². The summed E-state index contributed by atoms with van der Waals surface area (Å²) in [6.07, 6.45) is 2.42. The predicted octanol–water partition coefficient (Wildman–Crippen LogP) is 2.56. The molecule has 0 aromatic heterocycles. The Bertz CT molecular complexity index is 390. The van der Waals surface area contributed by atoms with E-state index >= 15 is 0 Å². The molecule has 3 nitrogen and oxygen atoms in total. The zero-order valence-corrected chi connectivity index (χ0v) is 13.1. The average Bonchev–Trinajstić information content (AvgIpc) is 2.94. The monoisotopic (exact) mass is 276 g/mol. The summed E-state index contributed by atoms with van der Waals surface area (Å²) in [5, 5.41) is 3.69. The van der Waals surface area contributed by atoms with Crippen LogP contribution in [0.25, 0.3) is 0 Å². The molecule has 0 aliphatic carbocycles. The van der Waals surface area contributed by atoms with Gasteiger partial charge in [0.2, 0.25) is 0 Å². The normalized spacial score (nSPS) is 21.1. The number of rotatable bonds is 7. The van der Waals surface area contributed by atoms with Gasteiger partial charge in [-0.3, -0.25) is 0 Å². The molecule has 0 spiro atoms. The first-order valence-electron chi connectivity index (χ1n) is 7.80. The summed E-state index contributed by atoms with van der Waals surface area (Å²) in [6.45, 7) is 9.40. The molecule has 1 aromatic rings. The zero-order chi connectivity index (χ0) is 14.4. The Balaban J connectivity index is 1.70. The molecule has 2 atom stereocenters. The third-order valence-electron chi connectivity index (χ3n) is 4.27. The molecule has 2 unspecified atom stereocenters. The van der Waals surface area contributed by atoms with Crippen LogP contribution in [0.2, 0.25) is 0 Å². The first kappa shape index (κ1) is 15.3. The third kappa shape index (κ3) is 4.50. The van der Waals surface area contributed by atoms with Gasteiger partial charge >= 0.3 is 0 Å². The smallest absolute Gasteiger partial charge is 0.118 e. The molecule has 0 amide bonds. The van der Waals surface area contributed by atoms with E-state index in [1.807, 2.05) is 12.1 Å². The number of methoxy groups -OCH3 is 1. The topological polar surface area (TPSA) is 24.5 Å². The fourth-order valence-electron chi connectivity index (χ4n) is 2.92. The number of likely N-dealkylation sites (tertiary alicyclic amines) is 1. The molecule has 0 radical (unpaired) electrons. The molecule has 1 aliphatic heterocycles. The van der Waals surface area contributed by atoms with Crippen LogP contribution in [0.4, 0.5) is 0 Å². The summed E-state index contributed by atoms with van der Waals surface area (Å²) in [6, 6.07) is 8.92. The second-order valence-electron chi connectivity index (χ2n) is 5.91. The molecular weight excluding hydrogens is 248 g/mol. The maximum Gasteiger partial charge on any atom is 0.118 e. The van der Waals surface area contributed by atoms with Crippen molar-refractivity contribution in [3.63, 3.8) is 0 Å². The van der Waals surface area contributed by atoms with Crippen molar-refractivity contribution in [3.8, 4) is 5.75 Å². The van der Waals surface area contributed by atoms with Crippen LogP contribution < -0.4 is 10.1 Å². The Labute approximate surface area is 123 Å². The van der Waals surface area contributed by atoms with Gasteiger partial charge in [-0.05, 0) is 63.0 Å². The SMILES string of the molecule is CCN1CCC(CNC(C)Cc2ccc(OC)cc2)C1. The summed E-state index contributed by atoms with van der Waals surface area (Å²) in [5.41, 5.74) is 1.37. The highest BCUT2D eigenvalue weighted by atomic mass is 16.5. The number of hydrogen-bond donors (Lipinski definition) is 1. The van der Waals surface area contributed by atoms with Gasteiger partial charge < -0.3 is 15.0 Å². The largest absolute Gasteiger partial charge is 0.497 e. The molecular formula is C17H28N2O. The first-order valence-corrected chi connectivity index (χ1v) is 7.80. The van der Waals surface area contributed by atoms with E-state index < -0.39 is 0 Å². The van der Waals surface area contributed by atoms with E-state index in [-0.39, 0.29) is 0 Å². The van der Waals surface area contributed by atoms with Crippen molar-refractivity contribution in [1.29, 1.82) is 0 Å². The zero-order valence-electron chi connectivity index (χ0n) is 13.1. The Kier molecular flexibility index (Phi) is 5.86. The van der Waals surface area contributed by atoms with E-state index in [9.17, 15) is 0 Å². The second-order valence-corrected chi connectivity index (χ2v) is 5.91. The van der Waals surface area contributed by atoms with Gasteiger partial charge in [-0.25, -0.2) is 0 Å². The van der Waals surface area contributed by atoms with Gasteiger partial charge in [0, 0.05) is 12.6 Å². The molecule has 1 aliphatic rings. The highest BCUT2D eigenvalue weighted by Gasteiger charge is 2.21. The Morgan fingerprint density at radius 1 is 1.35 bits per heavy atom. The molecule has 1 heterocycles. The summed E-state index contributed by atoms with van der Waals surface area (Å²) in [4.78, 5) is 2.54. The average molecular weight is 276 g/mol. The maximum absolute atomic E-state index is 5.19.